The fourth-order valence-corrected chi connectivity index (χ4v) is 2.95. The predicted octanol–water partition coefficient (Wildman–Crippen LogP) is 1.16. The van der Waals surface area contributed by atoms with E-state index in [9.17, 15) is 13.2 Å². The van der Waals surface area contributed by atoms with Gasteiger partial charge in [0.25, 0.3) is 5.91 Å². The highest BCUT2D eigenvalue weighted by molar-refractivity contribution is 7.90. The van der Waals surface area contributed by atoms with Crippen molar-refractivity contribution in [2.45, 2.75) is 19.4 Å². The summed E-state index contributed by atoms with van der Waals surface area (Å²) in [5, 5.41) is 0. The molecule has 0 radical (unpaired) electrons. The lowest BCUT2D eigenvalue weighted by Gasteiger charge is -2.42. The van der Waals surface area contributed by atoms with Crippen molar-refractivity contribution in [3.63, 3.8) is 0 Å². The van der Waals surface area contributed by atoms with E-state index in [1.54, 1.807) is 29.2 Å². The maximum Gasteiger partial charge on any atom is 0.301 e. The molecule has 128 valence electrons. The van der Waals surface area contributed by atoms with Gasteiger partial charge >= 0.3 is 10.2 Å². The number of carbonyl (C=O) groups excluding carboxylic acids is 1. The molecule has 23 heavy (non-hydrogen) atoms. The Balaban J connectivity index is 2.24. The Labute approximate surface area is 137 Å². The molecule has 1 aliphatic rings. The van der Waals surface area contributed by atoms with Crippen molar-refractivity contribution in [1.82, 2.24) is 9.21 Å². The first-order chi connectivity index (χ1) is 10.6. The minimum Gasteiger partial charge on any atom is -0.377 e. The lowest BCUT2D eigenvalue weighted by molar-refractivity contribution is -0.0370. The van der Waals surface area contributed by atoms with E-state index < -0.39 is 15.7 Å². The van der Waals surface area contributed by atoms with Crippen molar-refractivity contribution in [3.8, 4) is 0 Å². The molecule has 1 aromatic carbocycles. The van der Waals surface area contributed by atoms with Crippen molar-refractivity contribution in [2.75, 3.05) is 38.6 Å². The molecule has 8 heteroatoms. The van der Waals surface area contributed by atoms with E-state index in [2.05, 4.69) is 4.72 Å². The van der Waals surface area contributed by atoms with Gasteiger partial charge in [0.15, 0.2) is 0 Å². The van der Waals surface area contributed by atoms with Gasteiger partial charge in [-0.05, 0) is 32.0 Å². The Kier molecular flexibility index (Phi) is 4.98. The first-order valence-corrected chi connectivity index (χ1v) is 8.77. The van der Waals surface area contributed by atoms with E-state index in [0.29, 0.717) is 31.0 Å². The fourth-order valence-electron chi connectivity index (χ4n) is 2.35. The van der Waals surface area contributed by atoms with Crippen LogP contribution in [0.3, 0.4) is 0 Å². The number of amides is 1. The van der Waals surface area contributed by atoms with Gasteiger partial charge in [0, 0.05) is 26.2 Å². The molecule has 0 saturated carbocycles. The van der Waals surface area contributed by atoms with Gasteiger partial charge in [0.1, 0.15) is 0 Å². The van der Waals surface area contributed by atoms with Gasteiger partial charge in [-0.25, -0.2) is 0 Å². The second-order valence-electron chi connectivity index (χ2n) is 6.29. The number of ether oxygens (including phenoxy) is 1. The van der Waals surface area contributed by atoms with Crippen LogP contribution in [-0.4, -0.2) is 62.9 Å². The average Bonchev–Trinajstić information content (AvgIpc) is 2.46. The lowest BCUT2D eigenvalue weighted by atomic mass is 10.0. The van der Waals surface area contributed by atoms with Crippen LogP contribution in [0.1, 0.15) is 24.2 Å². The van der Waals surface area contributed by atoms with Crippen molar-refractivity contribution < 1.29 is 17.9 Å². The van der Waals surface area contributed by atoms with Crippen LogP contribution >= 0.6 is 0 Å². The van der Waals surface area contributed by atoms with Crippen LogP contribution in [0.5, 0.6) is 0 Å². The van der Waals surface area contributed by atoms with E-state index in [-0.39, 0.29) is 5.91 Å². The summed E-state index contributed by atoms with van der Waals surface area (Å²) in [6.45, 7) is 5.39. The standard InChI is InChI=1S/C15H23N3O4S/c1-15(2)11-22-9-8-18(15)14(19)12-6-5-7-13(10-12)16-23(20,21)17(3)4/h5-7,10,16H,8-9,11H2,1-4H3. The summed E-state index contributed by atoms with van der Waals surface area (Å²) in [5.41, 5.74) is 0.406. The third kappa shape index (κ3) is 4.01. The van der Waals surface area contributed by atoms with Crippen molar-refractivity contribution in [3.05, 3.63) is 29.8 Å². The number of anilines is 1. The van der Waals surface area contributed by atoms with Crippen LogP contribution in [0.15, 0.2) is 24.3 Å². The number of carbonyl (C=O) groups is 1. The summed E-state index contributed by atoms with van der Waals surface area (Å²) in [5.74, 6) is -0.135. The highest BCUT2D eigenvalue weighted by atomic mass is 32.2. The molecule has 2 rings (SSSR count). The van der Waals surface area contributed by atoms with Gasteiger partial charge in [0.2, 0.25) is 0 Å². The maximum atomic E-state index is 12.7. The molecule has 1 aromatic rings. The summed E-state index contributed by atoms with van der Waals surface area (Å²) >= 11 is 0. The molecule has 0 bridgehead atoms. The minimum atomic E-state index is -3.60. The number of hydrogen-bond acceptors (Lipinski definition) is 4. The second kappa shape index (κ2) is 6.46. The van der Waals surface area contributed by atoms with Crippen molar-refractivity contribution >= 4 is 21.8 Å². The smallest absolute Gasteiger partial charge is 0.301 e. The number of nitrogens with zero attached hydrogens (tertiary/aromatic N) is 2. The van der Waals surface area contributed by atoms with Gasteiger partial charge in [-0.1, -0.05) is 6.07 Å². The monoisotopic (exact) mass is 341 g/mol. The third-order valence-corrected chi connectivity index (χ3v) is 5.18. The van der Waals surface area contributed by atoms with E-state index in [0.717, 1.165) is 4.31 Å². The van der Waals surface area contributed by atoms with Crippen LogP contribution < -0.4 is 4.72 Å². The van der Waals surface area contributed by atoms with Gasteiger partial charge in [0.05, 0.1) is 24.4 Å². The van der Waals surface area contributed by atoms with Crippen LogP contribution in [0.2, 0.25) is 0 Å². The highest BCUT2D eigenvalue weighted by Crippen LogP contribution is 2.23. The lowest BCUT2D eigenvalue weighted by Crippen LogP contribution is -2.55. The molecule has 1 fully saturated rings. The molecular weight excluding hydrogens is 318 g/mol. The molecule has 0 unspecified atom stereocenters. The first kappa shape index (κ1) is 17.7. The number of hydrogen-bond donors (Lipinski definition) is 1. The van der Waals surface area contributed by atoms with E-state index in [4.69, 9.17) is 4.74 Å². The Morgan fingerprint density at radius 3 is 2.65 bits per heavy atom. The van der Waals surface area contributed by atoms with Gasteiger partial charge < -0.3 is 9.64 Å². The predicted molar refractivity (Wildman–Crippen MR) is 88.6 cm³/mol. The Morgan fingerprint density at radius 2 is 2.04 bits per heavy atom. The minimum absolute atomic E-state index is 0.135. The summed E-state index contributed by atoms with van der Waals surface area (Å²) in [6.07, 6.45) is 0. The number of nitrogens with one attached hydrogen (secondary N) is 1. The van der Waals surface area contributed by atoms with Crippen LogP contribution in [-0.2, 0) is 14.9 Å². The van der Waals surface area contributed by atoms with Crippen LogP contribution in [0.25, 0.3) is 0 Å². The van der Waals surface area contributed by atoms with Gasteiger partial charge in [-0.2, -0.15) is 12.7 Å². The van der Waals surface area contributed by atoms with Crippen LogP contribution in [0, 0.1) is 0 Å². The largest absolute Gasteiger partial charge is 0.377 e. The highest BCUT2D eigenvalue weighted by Gasteiger charge is 2.34. The summed E-state index contributed by atoms with van der Waals surface area (Å²) in [7, 11) is -0.727. The molecule has 0 spiro atoms. The molecular formula is C15H23N3O4S. The Hall–Kier alpha value is -1.64. The fraction of sp³-hybridized carbons (Fsp3) is 0.533. The van der Waals surface area contributed by atoms with Gasteiger partial charge in [-0.15, -0.1) is 0 Å². The molecule has 0 aliphatic carbocycles. The number of rotatable bonds is 4. The molecule has 0 atom stereocenters. The summed E-state index contributed by atoms with van der Waals surface area (Å²) in [6, 6.07) is 6.51. The molecule has 1 saturated heterocycles. The maximum absolute atomic E-state index is 12.7. The zero-order chi connectivity index (χ0) is 17.3. The zero-order valence-corrected chi connectivity index (χ0v) is 14.7. The van der Waals surface area contributed by atoms with E-state index in [1.165, 1.54) is 14.1 Å². The number of morpholine rings is 1. The Bertz CT molecular complexity index is 686. The third-order valence-electron chi connectivity index (χ3n) is 3.73. The average molecular weight is 341 g/mol. The molecule has 1 N–H and O–H groups in total. The number of benzene rings is 1. The molecule has 1 amide bonds. The van der Waals surface area contributed by atoms with Crippen molar-refractivity contribution in [2.24, 2.45) is 0 Å². The normalized spacial score (nSPS) is 18.0. The van der Waals surface area contributed by atoms with E-state index >= 15 is 0 Å². The SMILES string of the molecule is CN(C)S(=O)(=O)Nc1cccc(C(=O)N2CCOCC2(C)C)c1. The molecule has 0 aromatic heterocycles. The van der Waals surface area contributed by atoms with Crippen molar-refractivity contribution in [1.29, 1.82) is 0 Å². The molecule has 1 aliphatic heterocycles. The van der Waals surface area contributed by atoms with E-state index in [1.807, 2.05) is 13.8 Å². The quantitative estimate of drug-likeness (QED) is 0.891. The second-order valence-corrected chi connectivity index (χ2v) is 8.18. The van der Waals surface area contributed by atoms with Gasteiger partial charge in [-0.3, -0.25) is 9.52 Å². The summed E-state index contributed by atoms with van der Waals surface area (Å²) < 4.78 is 32.7. The topological polar surface area (TPSA) is 79.0 Å². The van der Waals surface area contributed by atoms with Crippen LogP contribution in [0.4, 0.5) is 5.69 Å². The summed E-state index contributed by atoms with van der Waals surface area (Å²) in [4.78, 5) is 14.5. The zero-order valence-electron chi connectivity index (χ0n) is 13.9. The first-order valence-electron chi connectivity index (χ1n) is 7.33. The molecule has 1 heterocycles. The Morgan fingerprint density at radius 1 is 1.35 bits per heavy atom. The molecule has 7 nitrogen and oxygen atoms in total.